The monoisotopic (exact) mass is 344 g/mol. The Morgan fingerprint density at radius 2 is 2.00 bits per heavy atom. The second-order valence-corrected chi connectivity index (χ2v) is 5.66. The predicted molar refractivity (Wildman–Crippen MR) is 83.0 cm³/mol. The molecular weight excluding hydrogens is 323 g/mol. The Morgan fingerprint density at radius 3 is 2.70 bits per heavy atom. The van der Waals surface area contributed by atoms with Gasteiger partial charge in [-0.1, -0.05) is 18.9 Å². The molecule has 1 aromatic carbocycles. The smallest absolute Gasteiger partial charge is 0.220 e. The highest BCUT2D eigenvalue weighted by atomic mass is 79.9. The van der Waals surface area contributed by atoms with Gasteiger partial charge >= 0.3 is 0 Å². The van der Waals surface area contributed by atoms with Gasteiger partial charge < -0.3 is 11.1 Å². The molecule has 3 N–H and O–H groups in total. The average molecular weight is 345 g/mol. The van der Waals surface area contributed by atoms with Crippen LogP contribution >= 0.6 is 15.9 Å². The maximum Gasteiger partial charge on any atom is 0.220 e. The lowest BCUT2D eigenvalue weighted by atomic mass is 10.1. The van der Waals surface area contributed by atoms with Crippen LogP contribution in [0.5, 0.6) is 0 Å². The van der Waals surface area contributed by atoms with Crippen LogP contribution in [0.15, 0.2) is 22.7 Å². The zero-order chi connectivity index (χ0) is 14.8. The fourth-order valence-corrected chi connectivity index (χ4v) is 2.34. The number of rotatable bonds is 9. The summed E-state index contributed by atoms with van der Waals surface area (Å²) in [4.78, 5) is 11.6. The van der Waals surface area contributed by atoms with Crippen molar-refractivity contribution in [2.75, 3.05) is 13.1 Å². The first-order chi connectivity index (χ1) is 9.63. The summed E-state index contributed by atoms with van der Waals surface area (Å²) in [6.45, 7) is 1.30. The molecule has 1 rings (SSSR count). The number of benzene rings is 1. The summed E-state index contributed by atoms with van der Waals surface area (Å²) >= 11 is 3.15. The molecule has 1 aromatic rings. The summed E-state index contributed by atoms with van der Waals surface area (Å²) < 4.78 is 13.5. The molecule has 0 radical (unpaired) electrons. The summed E-state index contributed by atoms with van der Waals surface area (Å²) in [5.41, 5.74) is 6.41. The van der Waals surface area contributed by atoms with E-state index in [1.54, 1.807) is 12.1 Å². The van der Waals surface area contributed by atoms with Gasteiger partial charge in [-0.2, -0.15) is 0 Å². The summed E-state index contributed by atoms with van der Waals surface area (Å²) in [7, 11) is 0. The zero-order valence-corrected chi connectivity index (χ0v) is 13.2. The molecule has 1 amide bonds. The van der Waals surface area contributed by atoms with Gasteiger partial charge in [0.15, 0.2) is 0 Å². The molecule has 0 fully saturated rings. The van der Waals surface area contributed by atoms with E-state index >= 15 is 0 Å². The van der Waals surface area contributed by atoms with Crippen molar-refractivity contribution >= 4 is 21.8 Å². The van der Waals surface area contributed by atoms with Crippen LogP contribution in [-0.4, -0.2) is 19.0 Å². The number of nitrogens with two attached hydrogens (primary N) is 1. The summed E-state index contributed by atoms with van der Waals surface area (Å²) in [6.07, 6.45) is 5.35. The molecular formula is C15H22BrFN2O. The maximum atomic E-state index is 13.1. The van der Waals surface area contributed by atoms with Crippen LogP contribution < -0.4 is 11.1 Å². The van der Waals surface area contributed by atoms with Gasteiger partial charge in [0, 0.05) is 13.0 Å². The van der Waals surface area contributed by atoms with Crippen molar-refractivity contribution in [2.24, 2.45) is 5.73 Å². The third-order valence-corrected chi connectivity index (χ3v) is 3.69. The van der Waals surface area contributed by atoms with Crippen molar-refractivity contribution in [1.29, 1.82) is 0 Å². The number of halogens is 2. The van der Waals surface area contributed by atoms with Crippen LogP contribution in [0.3, 0.4) is 0 Å². The van der Waals surface area contributed by atoms with Gasteiger partial charge in [0.2, 0.25) is 5.91 Å². The molecule has 112 valence electrons. The number of nitrogens with one attached hydrogen (secondary N) is 1. The molecule has 5 heteroatoms. The SMILES string of the molecule is NCCCCCCC(=O)NCCc1ccc(F)c(Br)c1. The van der Waals surface area contributed by atoms with E-state index in [0.717, 1.165) is 37.8 Å². The van der Waals surface area contributed by atoms with Crippen molar-refractivity contribution in [2.45, 2.75) is 38.5 Å². The van der Waals surface area contributed by atoms with Crippen molar-refractivity contribution in [3.63, 3.8) is 0 Å². The van der Waals surface area contributed by atoms with E-state index in [-0.39, 0.29) is 11.7 Å². The van der Waals surface area contributed by atoms with E-state index in [0.29, 0.717) is 23.9 Å². The summed E-state index contributed by atoms with van der Waals surface area (Å²) in [5, 5.41) is 2.88. The van der Waals surface area contributed by atoms with Crippen LogP contribution in [0.4, 0.5) is 4.39 Å². The van der Waals surface area contributed by atoms with E-state index < -0.39 is 0 Å². The minimum Gasteiger partial charge on any atom is -0.356 e. The summed E-state index contributed by atoms with van der Waals surface area (Å²) in [6, 6.07) is 4.91. The van der Waals surface area contributed by atoms with E-state index in [2.05, 4.69) is 21.2 Å². The first kappa shape index (κ1) is 17.1. The zero-order valence-electron chi connectivity index (χ0n) is 11.6. The number of hydrogen-bond acceptors (Lipinski definition) is 2. The highest BCUT2D eigenvalue weighted by molar-refractivity contribution is 9.10. The molecule has 0 atom stereocenters. The quantitative estimate of drug-likeness (QED) is 0.676. The number of hydrogen-bond donors (Lipinski definition) is 2. The normalized spacial score (nSPS) is 10.6. The van der Waals surface area contributed by atoms with Crippen molar-refractivity contribution < 1.29 is 9.18 Å². The molecule has 0 unspecified atom stereocenters. The Kier molecular flexibility index (Phi) is 8.46. The third-order valence-electron chi connectivity index (χ3n) is 3.08. The minimum absolute atomic E-state index is 0.0823. The molecule has 20 heavy (non-hydrogen) atoms. The Balaban J connectivity index is 2.13. The lowest BCUT2D eigenvalue weighted by Crippen LogP contribution is -2.25. The van der Waals surface area contributed by atoms with Crippen LogP contribution in [0.25, 0.3) is 0 Å². The Morgan fingerprint density at radius 1 is 1.25 bits per heavy atom. The van der Waals surface area contributed by atoms with Crippen molar-refractivity contribution in [3.05, 3.63) is 34.1 Å². The number of carbonyl (C=O) groups excluding carboxylic acids is 1. The van der Waals surface area contributed by atoms with Crippen molar-refractivity contribution in [1.82, 2.24) is 5.32 Å². The maximum absolute atomic E-state index is 13.1. The standard InChI is InChI=1S/C15H22BrFN2O/c16-13-11-12(6-7-14(13)17)8-10-19-15(20)5-3-1-2-4-9-18/h6-7,11H,1-5,8-10,18H2,(H,19,20). The topological polar surface area (TPSA) is 55.1 Å². The van der Waals surface area contributed by atoms with Gasteiger partial charge in [-0.05, 0) is 59.4 Å². The van der Waals surface area contributed by atoms with Gasteiger partial charge in [-0.25, -0.2) is 4.39 Å². The number of amides is 1. The van der Waals surface area contributed by atoms with Gasteiger partial charge in [-0.15, -0.1) is 0 Å². The Hall–Kier alpha value is -0.940. The van der Waals surface area contributed by atoms with Gasteiger partial charge in [0.25, 0.3) is 0 Å². The lowest BCUT2D eigenvalue weighted by Gasteiger charge is -2.06. The first-order valence-electron chi connectivity index (χ1n) is 7.04. The second kappa shape index (κ2) is 9.88. The lowest BCUT2D eigenvalue weighted by molar-refractivity contribution is -0.121. The third kappa shape index (κ3) is 7.01. The van der Waals surface area contributed by atoms with Gasteiger partial charge in [0.05, 0.1) is 4.47 Å². The molecule has 0 bridgehead atoms. The molecule has 0 aliphatic rings. The van der Waals surface area contributed by atoms with E-state index in [4.69, 9.17) is 5.73 Å². The minimum atomic E-state index is -0.268. The van der Waals surface area contributed by atoms with E-state index in [9.17, 15) is 9.18 Å². The van der Waals surface area contributed by atoms with E-state index in [1.165, 1.54) is 6.07 Å². The van der Waals surface area contributed by atoms with Crippen LogP contribution in [0.1, 0.15) is 37.7 Å². The molecule has 0 spiro atoms. The fraction of sp³-hybridized carbons (Fsp3) is 0.533. The number of carbonyl (C=O) groups is 1. The molecule has 0 aromatic heterocycles. The van der Waals surface area contributed by atoms with E-state index in [1.807, 2.05) is 0 Å². The molecule has 3 nitrogen and oxygen atoms in total. The molecule has 0 saturated carbocycles. The highest BCUT2D eigenvalue weighted by Gasteiger charge is 2.03. The molecule has 0 saturated heterocycles. The van der Waals surface area contributed by atoms with Crippen molar-refractivity contribution in [3.8, 4) is 0 Å². The molecule has 0 heterocycles. The number of unbranched alkanes of at least 4 members (excludes halogenated alkanes) is 3. The largest absolute Gasteiger partial charge is 0.356 e. The molecule has 0 aliphatic carbocycles. The highest BCUT2D eigenvalue weighted by Crippen LogP contribution is 2.16. The van der Waals surface area contributed by atoms with Crippen LogP contribution in [-0.2, 0) is 11.2 Å². The molecule has 0 aliphatic heterocycles. The first-order valence-corrected chi connectivity index (χ1v) is 7.83. The Labute approximate surface area is 128 Å². The Bertz CT molecular complexity index is 426. The van der Waals surface area contributed by atoms with Crippen LogP contribution in [0, 0.1) is 5.82 Å². The van der Waals surface area contributed by atoms with Gasteiger partial charge in [-0.3, -0.25) is 4.79 Å². The summed E-state index contributed by atoms with van der Waals surface area (Å²) in [5.74, 6) is -0.186. The predicted octanol–water partition coefficient (Wildman–Crippen LogP) is 3.16. The fourth-order valence-electron chi connectivity index (χ4n) is 1.91. The van der Waals surface area contributed by atoms with Crippen LogP contribution in [0.2, 0.25) is 0 Å². The van der Waals surface area contributed by atoms with Gasteiger partial charge in [0.1, 0.15) is 5.82 Å². The second-order valence-electron chi connectivity index (χ2n) is 4.80. The average Bonchev–Trinajstić information content (AvgIpc) is 2.42.